The number of carbonyl (C=O) groups excluding carboxylic acids is 1. The van der Waals surface area contributed by atoms with E-state index in [9.17, 15) is 4.79 Å². The third kappa shape index (κ3) is 4.52. The predicted octanol–water partition coefficient (Wildman–Crippen LogP) is 0.160. The van der Waals surface area contributed by atoms with Crippen LogP contribution in [-0.4, -0.2) is 73.0 Å². The van der Waals surface area contributed by atoms with Crippen LogP contribution in [0.5, 0.6) is 0 Å². The van der Waals surface area contributed by atoms with E-state index in [0.29, 0.717) is 18.1 Å². The number of nitrogens with one attached hydrogen (secondary N) is 3. The van der Waals surface area contributed by atoms with Crippen LogP contribution < -0.4 is 21.8 Å². The van der Waals surface area contributed by atoms with Crippen LogP contribution in [0, 0.1) is 11.8 Å². The van der Waals surface area contributed by atoms with E-state index in [4.69, 9.17) is 10.6 Å². The minimum absolute atomic E-state index is 0.0560. The van der Waals surface area contributed by atoms with Crippen LogP contribution in [-0.2, 0) is 9.63 Å². The van der Waals surface area contributed by atoms with Crippen LogP contribution in [0.3, 0.4) is 0 Å². The smallest absolute Gasteiger partial charge is 0.220 e. The van der Waals surface area contributed by atoms with E-state index in [2.05, 4.69) is 32.8 Å². The molecule has 0 aromatic carbocycles. The summed E-state index contributed by atoms with van der Waals surface area (Å²) < 4.78 is 0. The molecule has 1 amide bonds. The summed E-state index contributed by atoms with van der Waals surface area (Å²) in [6.07, 6.45) is 8.42. The van der Waals surface area contributed by atoms with E-state index >= 15 is 0 Å². The summed E-state index contributed by atoms with van der Waals surface area (Å²) in [5, 5.41) is 7.44. The molecule has 4 heterocycles. The summed E-state index contributed by atoms with van der Waals surface area (Å²) in [6.45, 7) is 7.55. The maximum Gasteiger partial charge on any atom is 0.220 e. The Kier molecular flexibility index (Phi) is 6.85. The van der Waals surface area contributed by atoms with E-state index in [1.165, 1.54) is 25.8 Å². The van der Waals surface area contributed by atoms with Gasteiger partial charge in [-0.3, -0.25) is 24.7 Å². The van der Waals surface area contributed by atoms with Gasteiger partial charge in [-0.05, 0) is 70.5 Å². The molecule has 0 aromatic rings. The average molecular weight is 395 g/mol. The molecule has 0 bridgehead atoms. The van der Waals surface area contributed by atoms with Crippen LogP contribution in [0.2, 0.25) is 0 Å². The van der Waals surface area contributed by atoms with Crippen molar-refractivity contribution in [1.29, 1.82) is 0 Å². The Bertz CT molecular complexity index is 527. The van der Waals surface area contributed by atoms with Gasteiger partial charge in [-0.2, -0.15) is 5.48 Å². The number of hydroxylamine groups is 1. The van der Waals surface area contributed by atoms with Crippen LogP contribution in [0.1, 0.15) is 51.9 Å². The highest BCUT2D eigenvalue weighted by atomic mass is 16.7. The van der Waals surface area contributed by atoms with Gasteiger partial charge < -0.3 is 11.1 Å². The fourth-order valence-corrected chi connectivity index (χ4v) is 5.57. The first-order valence-electron chi connectivity index (χ1n) is 11.3. The second-order valence-electron chi connectivity index (χ2n) is 9.01. The fourth-order valence-electron chi connectivity index (χ4n) is 5.57. The monoisotopic (exact) mass is 394 g/mol. The van der Waals surface area contributed by atoms with Crippen molar-refractivity contribution in [3.05, 3.63) is 0 Å². The van der Waals surface area contributed by atoms with Crippen molar-refractivity contribution in [3.8, 4) is 0 Å². The molecule has 8 nitrogen and oxygen atoms in total. The molecule has 4 saturated heterocycles. The molecule has 4 aliphatic heterocycles. The Balaban J connectivity index is 1.28. The maximum atomic E-state index is 11.4. The van der Waals surface area contributed by atoms with Crippen LogP contribution in [0.15, 0.2) is 0 Å². The number of piperidine rings is 2. The highest BCUT2D eigenvalue weighted by Crippen LogP contribution is 2.28. The summed E-state index contributed by atoms with van der Waals surface area (Å²) >= 11 is 0. The summed E-state index contributed by atoms with van der Waals surface area (Å²) in [7, 11) is 0. The molecule has 0 spiro atoms. The molecule has 4 rings (SSSR count). The number of nitrogens with zero attached hydrogens (tertiary/aromatic N) is 2. The fraction of sp³-hybridized carbons (Fsp3) is 0.950. The minimum atomic E-state index is -0.138. The summed E-state index contributed by atoms with van der Waals surface area (Å²) in [6, 6.07) is 0.489. The number of likely N-dealkylation sites (tertiary alicyclic amines) is 2. The molecule has 5 atom stereocenters. The second kappa shape index (κ2) is 9.36. The number of nitrogens with two attached hydrogens (primary N) is 1. The highest BCUT2D eigenvalue weighted by Gasteiger charge is 2.41. The average Bonchev–Trinajstić information content (AvgIpc) is 3.38. The second-order valence-corrected chi connectivity index (χ2v) is 9.01. The zero-order chi connectivity index (χ0) is 19.5. The van der Waals surface area contributed by atoms with Crippen LogP contribution in [0.4, 0.5) is 0 Å². The maximum absolute atomic E-state index is 11.4. The van der Waals surface area contributed by atoms with Crippen molar-refractivity contribution in [2.24, 2.45) is 17.6 Å². The van der Waals surface area contributed by atoms with E-state index in [1.807, 2.05) is 0 Å². The van der Waals surface area contributed by atoms with Crippen molar-refractivity contribution < 1.29 is 9.63 Å². The topological polar surface area (TPSA) is 94.9 Å². The molecular formula is C20H38N6O2. The molecule has 5 N–H and O–H groups in total. The highest BCUT2D eigenvalue weighted by molar-refractivity contribution is 5.76. The van der Waals surface area contributed by atoms with Gasteiger partial charge in [0.25, 0.3) is 0 Å². The van der Waals surface area contributed by atoms with Crippen molar-refractivity contribution in [2.45, 2.75) is 76.5 Å². The Hall–Kier alpha value is -0.770. The third-order valence-corrected chi connectivity index (χ3v) is 7.21. The van der Waals surface area contributed by atoms with Gasteiger partial charge >= 0.3 is 0 Å². The van der Waals surface area contributed by atoms with E-state index < -0.39 is 0 Å². The molecule has 8 heteroatoms. The van der Waals surface area contributed by atoms with Crippen molar-refractivity contribution >= 4 is 5.91 Å². The molecule has 4 aliphatic rings. The summed E-state index contributed by atoms with van der Waals surface area (Å²) in [4.78, 5) is 22.5. The predicted molar refractivity (Wildman–Crippen MR) is 108 cm³/mol. The first kappa shape index (κ1) is 20.5. The molecule has 28 heavy (non-hydrogen) atoms. The lowest BCUT2D eigenvalue weighted by atomic mass is 9.90. The lowest BCUT2D eigenvalue weighted by Crippen LogP contribution is -2.56. The summed E-state index contributed by atoms with van der Waals surface area (Å²) in [5.41, 5.74) is 8.80. The van der Waals surface area contributed by atoms with Gasteiger partial charge in [0.15, 0.2) is 0 Å². The standard InChI is InChI=1S/C20H38N6O2/c1-2-9-25-10-3-4-16(25)20-23-19(24-28-20)15-5-8-22-17(13-15)26-11-6-14(7-12-26)18(21)27/h14-17,19-20,22-24H,2-13H2,1H3,(H2,21,27). The normalized spacial score (nSPS) is 38.8. The van der Waals surface area contributed by atoms with Gasteiger partial charge in [0, 0.05) is 19.0 Å². The zero-order valence-corrected chi connectivity index (χ0v) is 17.2. The molecule has 4 fully saturated rings. The number of carbonyl (C=O) groups is 1. The van der Waals surface area contributed by atoms with E-state index in [-0.39, 0.29) is 24.2 Å². The molecule has 0 radical (unpaired) electrons. The van der Waals surface area contributed by atoms with Crippen molar-refractivity contribution in [1.82, 2.24) is 25.9 Å². The summed E-state index contributed by atoms with van der Waals surface area (Å²) in [5.74, 6) is 0.465. The minimum Gasteiger partial charge on any atom is -0.369 e. The molecule has 160 valence electrons. The lowest BCUT2D eigenvalue weighted by molar-refractivity contribution is -0.123. The molecular weight excluding hydrogens is 356 g/mol. The van der Waals surface area contributed by atoms with Gasteiger partial charge in [-0.25, -0.2) is 0 Å². The Labute approximate surface area is 168 Å². The number of hydrogen-bond donors (Lipinski definition) is 4. The zero-order valence-electron chi connectivity index (χ0n) is 17.2. The number of hydrogen-bond acceptors (Lipinski definition) is 7. The number of primary amides is 1. The van der Waals surface area contributed by atoms with Gasteiger partial charge in [0.1, 0.15) is 6.23 Å². The van der Waals surface area contributed by atoms with Gasteiger partial charge in [0.2, 0.25) is 5.91 Å². The van der Waals surface area contributed by atoms with Crippen LogP contribution >= 0.6 is 0 Å². The Morgan fingerprint density at radius 1 is 1.18 bits per heavy atom. The Morgan fingerprint density at radius 3 is 2.75 bits per heavy atom. The van der Waals surface area contributed by atoms with Crippen LogP contribution in [0.25, 0.3) is 0 Å². The molecule has 5 unspecified atom stereocenters. The SMILES string of the molecule is CCCN1CCCC1C1NC(C2CCNC(N3CCC(C(N)=O)CC3)C2)NO1. The molecule has 0 aliphatic carbocycles. The van der Waals surface area contributed by atoms with E-state index in [1.54, 1.807) is 0 Å². The largest absolute Gasteiger partial charge is 0.369 e. The van der Waals surface area contributed by atoms with Gasteiger partial charge in [-0.1, -0.05) is 6.92 Å². The van der Waals surface area contributed by atoms with Gasteiger partial charge in [-0.15, -0.1) is 0 Å². The molecule has 0 saturated carbocycles. The Morgan fingerprint density at radius 2 is 2.00 bits per heavy atom. The third-order valence-electron chi connectivity index (χ3n) is 7.21. The van der Waals surface area contributed by atoms with Crippen molar-refractivity contribution in [2.75, 3.05) is 32.7 Å². The first-order chi connectivity index (χ1) is 13.7. The van der Waals surface area contributed by atoms with Crippen molar-refractivity contribution in [3.63, 3.8) is 0 Å². The lowest BCUT2D eigenvalue weighted by Gasteiger charge is -2.42. The number of rotatable bonds is 6. The number of amides is 1. The van der Waals surface area contributed by atoms with E-state index in [0.717, 1.165) is 51.9 Å². The quantitative estimate of drug-likeness (QED) is 0.510. The van der Waals surface area contributed by atoms with Gasteiger partial charge in [0.05, 0.1) is 18.4 Å². The first-order valence-corrected chi connectivity index (χ1v) is 11.3. The molecule has 0 aromatic heterocycles.